The number of aromatic nitrogens is 3. The zero-order valence-electron chi connectivity index (χ0n) is 21.2. The molecule has 14 nitrogen and oxygen atoms in total. The summed E-state index contributed by atoms with van der Waals surface area (Å²) in [5.74, 6) is -2.10. The van der Waals surface area contributed by atoms with Crippen LogP contribution in [0.4, 0.5) is 25.5 Å². The Morgan fingerprint density at radius 1 is 1.10 bits per heavy atom. The van der Waals surface area contributed by atoms with Crippen LogP contribution in [0.5, 0.6) is 0 Å². The van der Waals surface area contributed by atoms with Gasteiger partial charge in [-0.1, -0.05) is 5.16 Å². The number of nitrogens with zero attached hydrogens (tertiary/aromatic N) is 5. The molecule has 0 aliphatic carbocycles. The fourth-order valence-corrected chi connectivity index (χ4v) is 6.44. The first-order valence-corrected chi connectivity index (χ1v) is 12.6. The Bertz CT molecular complexity index is 1590. The number of ether oxygens (including phenoxy) is 2. The minimum atomic E-state index is -1.80. The van der Waals surface area contributed by atoms with E-state index in [2.05, 4.69) is 25.8 Å². The normalized spacial score (nSPS) is 27.4. The first-order chi connectivity index (χ1) is 19.2. The zero-order chi connectivity index (χ0) is 27.9. The van der Waals surface area contributed by atoms with Crippen molar-refractivity contribution in [3.8, 4) is 0 Å². The van der Waals surface area contributed by atoms with Crippen LogP contribution in [0.3, 0.4) is 0 Å². The van der Waals surface area contributed by atoms with E-state index in [4.69, 9.17) is 14.0 Å². The van der Waals surface area contributed by atoms with Crippen molar-refractivity contribution in [1.82, 2.24) is 25.8 Å². The molecular formula is C25H22FN7O7. The molecule has 0 bridgehead atoms. The average molecular weight is 551 g/mol. The van der Waals surface area contributed by atoms with Crippen molar-refractivity contribution in [1.29, 1.82) is 0 Å². The lowest BCUT2D eigenvalue weighted by atomic mass is 9.66. The summed E-state index contributed by atoms with van der Waals surface area (Å²) in [6, 6.07) is 0.569. The maximum absolute atomic E-state index is 16.4. The molecule has 0 radical (unpaired) electrons. The number of barbiturate groups is 1. The van der Waals surface area contributed by atoms with Gasteiger partial charge in [0.15, 0.2) is 22.9 Å². The third-order valence-electron chi connectivity index (χ3n) is 7.93. The van der Waals surface area contributed by atoms with E-state index in [-0.39, 0.29) is 48.2 Å². The van der Waals surface area contributed by atoms with E-state index in [9.17, 15) is 19.2 Å². The number of cyclic esters (lactones) is 1. The molecule has 2 N–H and O–H groups in total. The molecule has 7 rings (SSSR count). The second-order valence-electron chi connectivity index (χ2n) is 10.3. The highest BCUT2D eigenvalue weighted by molar-refractivity contribution is 6.20. The number of fused-ring (bicyclic) bond motifs is 5. The van der Waals surface area contributed by atoms with Crippen molar-refractivity contribution in [3.05, 3.63) is 41.7 Å². The number of hydrogen-bond donors (Lipinski definition) is 2. The molecule has 40 heavy (non-hydrogen) atoms. The van der Waals surface area contributed by atoms with E-state index < -0.39 is 53.4 Å². The maximum atomic E-state index is 16.4. The third kappa shape index (κ3) is 3.20. The van der Waals surface area contributed by atoms with Crippen molar-refractivity contribution in [3.63, 3.8) is 0 Å². The molecule has 4 aliphatic heterocycles. The number of carbonyl (C=O) groups excluding carboxylic acids is 4. The van der Waals surface area contributed by atoms with Gasteiger partial charge in [-0.15, -0.1) is 0 Å². The van der Waals surface area contributed by atoms with Gasteiger partial charge in [0.2, 0.25) is 17.4 Å². The third-order valence-corrected chi connectivity index (χ3v) is 7.93. The quantitative estimate of drug-likeness (QED) is 0.441. The molecule has 4 aliphatic rings. The smallest absolute Gasteiger partial charge is 0.416 e. The van der Waals surface area contributed by atoms with E-state index in [0.29, 0.717) is 11.4 Å². The molecule has 206 valence electrons. The Kier molecular flexibility index (Phi) is 5.13. The van der Waals surface area contributed by atoms with Crippen LogP contribution in [0.1, 0.15) is 31.3 Å². The van der Waals surface area contributed by atoms with Gasteiger partial charge in [-0.3, -0.25) is 20.2 Å². The summed E-state index contributed by atoms with van der Waals surface area (Å²) in [6.07, 6.45) is 1.01. The van der Waals surface area contributed by atoms with Gasteiger partial charge in [0.25, 0.3) is 0 Å². The molecule has 4 atom stereocenters. The standard InChI is InChI=1S/C25H22FN7O7/c1-10-8-32-16-12(7-25(18(32)11(2)39-10)21(34)29-23(36)30-22(25)35)6-13-17(15(16)26)40-31-20(13)33-14(9-38-24(33)37)19-27-4-3-5-28-19/h3-6,10-11,14,18H,7-9H2,1-2H3,(H2,29,30,34,35,36)/t10-,11+,14-,18?/m1/s1. The highest BCUT2D eigenvalue weighted by Gasteiger charge is 2.63. The van der Waals surface area contributed by atoms with Gasteiger partial charge >= 0.3 is 12.1 Å². The Morgan fingerprint density at radius 2 is 1.82 bits per heavy atom. The molecule has 0 saturated carbocycles. The molecule has 3 saturated heterocycles. The summed E-state index contributed by atoms with van der Waals surface area (Å²) in [7, 11) is 0. The van der Waals surface area contributed by atoms with Gasteiger partial charge in [0.1, 0.15) is 12.6 Å². The maximum Gasteiger partial charge on any atom is 0.416 e. The first kappa shape index (κ1) is 24.4. The predicted octanol–water partition coefficient (Wildman–Crippen LogP) is 1.35. The lowest BCUT2D eigenvalue weighted by molar-refractivity contribution is -0.153. The van der Waals surface area contributed by atoms with Gasteiger partial charge < -0.3 is 18.9 Å². The Morgan fingerprint density at radius 3 is 2.55 bits per heavy atom. The highest BCUT2D eigenvalue weighted by atomic mass is 19.1. The zero-order valence-corrected chi connectivity index (χ0v) is 21.2. The summed E-state index contributed by atoms with van der Waals surface area (Å²) in [6.45, 7) is 3.59. The SMILES string of the molecule is C[C@@H]1CN2c3c(cc4c(N5C(=O)OC[C@@H]5c5ncccn5)noc4c3F)CC3(C(=O)NC(=O)NC3=O)C2[C@H](C)O1. The summed E-state index contributed by atoms with van der Waals surface area (Å²) in [5, 5.41) is 8.55. The number of imide groups is 2. The number of halogens is 1. The molecule has 2 aromatic heterocycles. The van der Waals surface area contributed by atoms with E-state index in [1.807, 2.05) is 0 Å². The molecule has 5 amide bonds. The highest BCUT2D eigenvalue weighted by Crippen LogP contribution is 2.50. The summed E-state index contributed by atoms with van der Waals surface area (Å²) in [4.78, 5) is 62.8. The van der Waals surface area contributed by atoms with Gasteiger partial charge in [-0.2, -0.15) is 0 Å². The number of morpholine rings is 1. The number of benzene rings is 1. The van der Waals surface area contributed by atoms with E-state index >= 15 is 4.39 Å². The minimum Gasteiger partial charge on any atom is -0.446 e. The van der Waals surface area contributed by atoms with Crippen LogP contribution in [0.15, 0.2) is 29.0 Å². The predicted molar refractivity (Wildman–Crippen MR) is 132 cm³/mol. The molecule has 15 heteroatoms. The molecule has 3 fully saturated rings. The van der Waals surface area contributed by atoms with Crippen LogP contribution in [0, 0.1) is 11.2 Å². The number of amides is 5. The second kappa shape index (κ2) is 8.42. The monoisotopic (exact) mass is 551 g/mol. The van der Waals surface area contributed by atoms with Crippen LogP contribution in [-0.4, -0.2) is 70.5 Å². The summed E-state index contributed by atoms with van der Waals surface area (Å²) >= 11 is 0. The van der Waals surface area contributed by atoms with Crippen LogP contribution in [-0.2, 0) is 25.5 Å². The number of anilines is 2. The fraction of sp³-hybridized carbons (Fsp3) is 0.400. The number of urea groups is 1. The van der Waals surface area contributed by atoms with Crippen LogP contribution < -0.4 is 20.4 Å². The summed E-state index contributed by atoms with van der Waals surface area (Å²) in [5.41, 5.74) is -1.58. The molecule has 1 unspecified atom stereocenters. The lowest BCUT2D eigenvalue weighted by Gasteiger charge is -2.55. The molecule has 6 heterocycles. The number of rotatable bonds is 2. The van der Waals surface area contributed by atoms with E-state index in [1.165, 1.54) is 17.3 Å². The van der Waals surface area contributed by atoms with Crippen molar-refractivity contribution in [2.45, 2.75) is 44.6 Å². The van der Waals surface area contributed by atoms with Crippen molar-refractivity contribution in [2.24, 2.45) is 5.41 Å². The van der Waals surface area contributed by atoms with Crippen LogP contribution in [0.2, 0.25) is 0 Å². The topological polar surface area (TPSA) is 169 Å². The van der Waals surface area contributed by atoms with Gasteiger partial charge in [0, 0.05) is 25.4 Å². The van der Waals surface area contributed by atoms with Crippen molar-refractivity contribution < 1.29 is 37.6 Å². The molecule has 1 aromatic carbocycles. The van der Waals surface area contributed by atoms with Crippen LogP contribution in [0.25, 0.3) is 11.0 Å². The number of carbonyl (C=O) groups is 4. The first-order valence-electron chi connectivity index (χ1n) is 12.6. The van der Waals surface area contributed by atoms with Gasteiger partial charge in [0.05, 0.1) is 29.3 Å². The van der Waals surface area contributed by atoms with Gasteiger partial charge in [-0.05, 0) is 31.5 Å². The number of nitrogens with one attached hydrogen (secondary N) is 2. The molecule has 1 spiro atoms. The average Bonchev–Trinajstić information content (AvgIpc) is 3.50. The van der Waals surface area contributed by atoms with Crippen molar-refractivity contribution >= 4 is 46.4 Å². The Hall–Kier alpha value is -4.66. The van der Waals surface area contributed by atoms with E-state index in [0.717, 1.165) is 0 Å². The Labute approximate surface area is 224 Å². The second-order valence-corrected chi connectivity index (χ2v) is 10.3. The largest absolute Gasteiger partial charge is 0.446 e. The number of hydrogen-bond acceptors (Lipinski definition) is 11. The summed E-state index contributed by atoms with van der Waals surface area (Å²) < 4.78 is 33.0. The minimum absolute atomic E-state index is 0.0238. The Balaban J connectivity index is 1.42. The van der Waals surface area contributed by atoms with Gasteiger partial charge in [-0.25, -0.2) is 28.8 Å². The van der Waals surface area contributed by atoms with Crippen molar-refractivity contribution in [2.75, 3.05) is 23.0 Å². The molecular weight excluding hydrogens is 529 g/mol. The van der Waals surface area contributed by atoms with E-state index in [1.54, 1.807) is 30.9 Å². The lowest BCUT2D eigenvalue weighted by Crippen LogP contribution is -2.75. The molecule has 3 aromatic rings. The fourth-order valence-electron chi connectivity index (χ4n) is 6.44. The van der Waals surface area contributed by atoms with Crippen LogP contribution >= 0.6 is 0 Å².